The van der Waals surface area contributed by atoms with Gasteiger partial charge in [0.05, 0.1) is 18.0 Å². The van der Waals surface area contributed by atoms with Crippen LogP contribution in [0.3, 0.4) is 0 Å². The molecule has 0 saturated carbocycles. The number of amides is 1. The third kappa shape index (κ3) is 4.80. The summed E-state index contributed by atoms with van der Waals surface area (Å²) in [5.74, 6) is -0.197. The summed E-state index contributed by atoms with van der Waals surface area (Å²) < 4.78 is 27.1. The molecule has 0 aliphatic carbocycles. The van der Waals surface area contributed by atoms with E-state index in [0.717, 1.165) is 11.3 Å². The lowest BCUT2D eigenvalue weighted by atomic mass is 10.2. The second kappa shape index (κ2) is 8.82. The molecule has 24 heavy (non-hydrogen) atoms. The Labute approximate surface area is 144 Å². The Kier molecular flexibility index (Phi) is 6.78. The van der Waals surface area contributed by atoms with Crippen LogP contribution < -0.4 is 0 Å². The second-order valence-electron chi connectivity index (χ2n) is 5.39. The number of nitrogens with zero attached hydrogens (tertiary/aromatic N) is 3. The molecule has 1 amide bonds. The first-order valence-corrected chi connectivity index (χ1v) is 8.79. The predicted molar refractivity (Wildman–Crippen MR) is 91.9 cm³/mol. The molecule has 130 valence electrons. The van der Waals surface area contributed by atoms with Crippen molar-refractivity contribution in [3.8, 4) is 5.69 Å². The van der Waals surface area contributed by atoms with Crippen molar-refractivity contribution >= 4 is 17.7 Å². The molecule has 0 aliphatic heterocycles. The number of aromatic nitrogens is 2. The van der Waals surface area contributed by atoms with Gasteiger partial charge in [-0.1, -0.05) is 36.9 Å². The first-order valence-electron chi connectivity index (χ1n) is 7.81. The average molecular weight is 353 g/mol. The Morgan fingerprint density at radius 2 is 2.12 bits per heavy atom. The van der Waals surface area contributed by atoms with E-state index in [1.807, 2.05) is 48.9 Å². The zero-order valence-corrected chi connectivity index (χ0v) is 14.6. The lowest BCUT2D eigenvalue weighted by Gasteiger charge is -2.21. The van der Waals surface area contributed by atoms with E-state index in [4.69, 9.17) is 0 Å². The number of thioether (sulfide) groups is 1. The number of hydrogen-bond donors (Lipinski definition) is 0. The van der Waals surface area contributed by atoms with Crippen LogP contribution in [0.15, 0.2) is 41.8 Å². The Hall–Kier alpha value is -1.89. The number of hydrogen-bond acceptors (Lipinski definition) is 3. The van der Waals surface area contributed by atoms with Gasteiger partial charge < -0.3 is 4.90 Å². The first-order chi connectivity index (χ1) is 11.5. The van der Waals surface area contributed by atoms with Crippen LogP contribution in [-0.4, -0.2) is 45.6 Å². The van der Waals surface area contributed by atoms with E-state index < -0.39 is 13.0 Å². The SMILES string of the molecule is CCCN(CC(F)F)C(=O)CSc1nccn1-c1ccccc1C. The molecule has 1 aromatic heterocycles. The van der Waals surface area contributed by atoms with Gasteiger partial charge in [-0.25, -0.2) is 13.8 Å². The summed E-state index contributed by atoms with van der Waals surface area (Å²) in [6.07, 6.45) is 1.64. The predicted octanol–water partition coefficient (Wildman–Crippen LogP) is 3.78. The monoisotopic (exact) mass is 353 g/mol. The van der Waals surface area contributed by atoms with E-state index in [2.05, 4.69) is 4.98 Å². The van der Waals surface area contributed by atoms with Crippen molar-refractivity contribution in [3.05, 3.63) is 42.2 Å². The fourth-order valence-electron chi connectivity index (χ4n) is 2.39. The fourth-order valence-corrected chi connectivity index (χ4v) is 3.25. The van der Waals surface area contributed by atoms with Gasteiger partial charge in [0.2, 0.25) is 5.91 Å². The van der Waals surface area contributed by atoms with Gasteiger partial charge in [-0.3, -0.25) is 9.36 Å². The summed E-state index contributed by atoms with van der Waals surface area (Å²) in [7, 11) is 0. The minimum Gasteiger partial charge on any atom is -0.336 e. The maximum atomic E-state index is 12.6. The zero-order chi connectivity index (χ0) is 17.5. The molecular formula is C17H21F2N3OS. The number of imidazole rings is 1. The van der Waals surface area contributed by atoms with Gasteiger partial charge in [-0.2, -0.15) is 0 Å². The third-order valence-corrected chi connectivity index (χ3v) is 4.46. The van der Waals surface area contributed by atoms with Crippen LogP contribution in [0.4, 0.5) is 8.78 Å². The summed E-state index contributed by atoms with van der Waals surface area (Å²) in [6.45, 7) is 3.69. The minimum absolute atomic E-state index is 0.0929. The number of carbonyl (C=O) groups is 1. The van der Waals surface area contributed by atoms with Crippen molar-refractivity contribution in [2.45, 2.75) is 31.9 Å². The molecule has 2 aromatic rings. The van der Waals surface area contributed by atoms with Crippen LogP contribution >= 0.6 is 11.8 Å². The molecule has 0 spiro atoms. The number of halogens is 2. The number of para-hydroxylation sites is 1. The largest absolute Gasteiger partial charge is 0.336 e. The summed E-state index contributed by atoms with van der Waals surface area (Å²) in [4.78, 5) is 17.7. The standard InChI is InChI=1S/C17H21F2N3OS/c1-3-9-21(11-15(18)19)16(23)12-24-17-20-8-10-22(17)14-7-5-4-6-13(14)2/h4-8,10,15H,3,9,11-12H2,1-2H3. The van der Waals surface area contributed by atoms with Crippen LogP contribution in [0.2, 0.25) is 0 Å². The maximum Gasteiger partial charge on any atom is 0.255 e. The molecule has 4 nitrogen and oxygen atoms in total. The van der Waals surface area contributed by atoms with Gasteiger partial charge in [-0.05, 0) is 25.0 Å². The summed E-state index contributed by atoms with van der Waals surface area (Å²) in [5, 5.41) is 0.672. The molecule has 1 heterocycles. The number of rotatable bonds is 8. The van der Waals surface area contributed by atoms with Crippen molar-refractivity contribution < 1.29 is 13.6 Å². The third-order valence-electron chi connectivity index (χ3n) is 3.51. The van der Waals surface area contributed by atoms with E-state index >= 15 is 0 Å². The maximum absolute atomic E-state index is 12.6. The second-order valence-corrected chi connectivity index (χ2v) is 6.33. The Balaban J connectivity index is 2.06. The zero-order valence-electron chi connectivity index (χ0n) is 13.8. The van der Waals surface area contributed by atoms with Gasteiger partial charge in [0, 0.05) is 18.9 Å². The number of benzene rings is 1. The molecule has 1 aromatic carbocycles. The van der Waals surface area contributed by atoms with Crippen molar-refractivity contribution in [2.24, 2.45) is 0 Å². The highest BCUT2D eigenvalue weighted by Gasteiger charge is 2.18. The van der Waals surface area contributed by atoms with Crippen molar-refractivity contribution in [3.63, 3.8) is 0 Å². The summed E-state index contributed by atoms with van der Waals surface area (Å²) in [6, 6.07) is 7.87. The lowest BCUT2D eigenvalue weighted by Crippen LogP contribution is -2.36. The summed E-state index contributed by atoms with van der Waals surface area (Å²) >= 11 is 1.26. The Morgan fingerprint density at radius 1 is 1.38 bits per heavy atom. The molecule has 7 heteroatoms. The molecule has 0 radical (unpaired) electrons. The highest BCUT2D eigenvalue weighted by atomic mass is 32.2. The molecular weight excluding hydrogens is 332 g/mol. The van der Waals surface area contributed by atoms with Crippen molar-refractivity contribution in [1.82, 2.24) is 14.5 Å². The molecule has 2 rings (SSSR count). The highest BCUT2D eigenvalue weighted by molar-refractivity contribution is 7.99. The number of carbonyl (C=O) groups excluding carboxylic acids is 1. The molecule has 0 aliphatic rings. The lowest BCUT2D eigenvalue weighted by molar-refractivity contribution is -0.130. The van der Waals surface area contributed by atoms with Gasteiger partial charge in [0.15, 0.2) is 5.16 Å². The van der Waals surface area contributed by atoms with Crippen LogP contribution in [-0.2, 0) is 4.79 Å². The molecule has 0 N–H and O–H groups in total. The molecule has 0 atom stereocenters. The van der Waals surface area contributed by atoms with E-state index in [1.54, 1.807) is 6.20 Å². The quantitative estimate of drug-likeness (QED) is 0.678. The Bertz CT molecular complexity index is 675. The van der Waals surface area contributed by atoms with E-state index in [9.17, 15) is 13.6 Å². The normalized spacial score (nSPS) is 11.0. The van der Waals surface area contributed by atoms with Gasteiger partial charge in [-0.15, -0.1) is 0 Å². The topological polar surface area (TPSA) is 38.1 Å². The Morgan fingerprint density at radius 3 is 2.79 bits per heavy atom. The van der Waals surface area contributed by atoms with Crippen molar-refractivity contribution in [1.29, 1.82) is 0 Å². The van der Waals surface area contributed by atoms with Crippen molar-refractivity contribution in [2.75, 3.05) is 18.8 Å². The summed E-state index contributed by atoms with van der Waals surface area (Å²) in [5.41, 5.74) is 2.08. The number of alkyl halides is 2. The van der Waals surface area contributed by atoms with Gasteiger partial charge in [0.1, 0.15) is 0 Å². The first kappa shape index (κ1) is 18.4. The fraction of sp³-hybridized carbons (Fsp3) is 0.412. The van der Waals surface area contributed by atoms with Gasteiger partial charge >= 0.3 is 0 Å². The van der Waals surface area contributed by atoms with Gasteiger partial charge in [0.25, 0.3) is 6.43 Å². The van der Waals surface area contributed by atoms with Crippen LogP contribution in [0.1, 0.15) is 18.9 Å². The van der Waals surface area contributed by atoms with Crippen LogP contribution in [0.5, 0.6) is 0 Å². The molecule has 0 unspecified atom stereocenters. The smallest absolute Gasteiger partial charge is 0.255 e. The number of aryl methyl sites for hydroxylation is 1. The molecule has 0 fully saturated rings. The van der Waals surface area contributed by atoms with E-state index in [0.29, 0.717) is 18.1 Å². The highest BCUT2D eigenvalue weighted by Crippen LogP contribution is 2.23. The minimum atomic E-state index is -2.51. The molecule has 0 saturated heterocycles. The van der Waals surface area contributed by atoms with E-state index in [1.165, 1.54) is 16.7 Å². The van der Waals surface area contributed by atoms with E-state index in [-0.39, 0.29) is 11.7 Å². The average Bonchev–Trinajstić information content (AvgIpc) is 3.00. The molecule has 0 bridgehead atoms. The van der Waals surface area contributed by atoms with Crippen LogP contribution in [0, 0.1) is 6.92 Å². The van der Waals surface area contributed by atoms with Crippen LogP contribution in [0.25, 0.3) is 5.69 Å².